The van der Waals surface area contributed by atoms with Crippen molar-refractivity contribution >= 4 is 11.5 Å². The highest BCUT2D eigenvalue weighted by molar-refractivity contribution is 5.97. The Morgan fingerprint density at radius 1 is 1.10 bits per heavy atom. The van der Waals surface area contributed by atoms with Crippen LogP contribution in [0.25, 0.3) is 0 Å². The lowest BCUT2D eigenvalue weighted by Gasteiger charge is -2.12. The van der Waals surface area contributed by atoms with Gasteiger partial charge in [0.05, 0.1) is 10.5 Å². The minimum atomic E-state index is -0.534. The van der Waals surface area contributed by atoms with Gasteiger partial charge in [-0.25, -0.2) is 0 Å². The number of benzene rings is 2. The Balaban J connectivity index is 2.46. The zero-order chi connectivity index (χ0) is 15.6. The van der Waals surface area contributed by atoms with Gasteiger partial charge in [0, 0.05) is 12.1 Å². The highest BCUT2D eigenvalue weighted by Gasteiger charge is 2.16. The molecule has 0 unspecified atom stereocenters. The summed E-state index contributed by atoms with van der Waals surface area (Å²) in [6.07, 6.45) is 0. The van der Waals surface area contributed by atoms with Gasteiger partial charge in [0.25, 0.3) is 5.69 Å². The Labute approximate surface area is 122 Å². The SMILES string of the molecule is CC(=O)c1cc([N+](=O)[O-])ccc1Oc1cc(C)ccc1C. The van der Waals surface area contributed by atoms with Crippen LogP contribution in [0, 0.1) is 24.0 Å². The number of non-ortho nitro benzene ring substituents is 1. The standard InChI is InChI=1S/C16H15NO4/c1-10-4-5-11(2)16(8-10)21-15-7-6-13(17(19)20)9-14(15)12(3)18/h4-9H,1-3H3. The summed E-state index contributed by atoms with van der Waals surface area (Å²) in [6.45, 7) is 5.19. The van der Waals surface area contributed by atoms with Crippen LogP contribution < -0.4 is 4.74 Å². The number of ether oxygens (including phenoxy) is 1. The van der Waals surface area contributed by atoms with E-state index >= 15 is 0 Å². The van der Waals surface area contributed by atoms with Crippen molar-refractivity contribution in [1.29, 1.82) is 0 Å². The summed E-state index contributed by atoms with van der Waals surface area (Å²) in [6, 6.07) is 9.76. The van der Waals surface area contributed by atoms with Crippen molar-refractivity contribution in [1.82, 2.24) is 0 Å². The molecule has 0 fully saturated rings. The fourth-order valence-electron chi connectivity index (χ4n) is 1.93. The third kappa shape index (κ3) is 3.25. The number of nitro benzene ring substituents is 1. The lowest BCUT2D eigenvalue weighted by Crippen LogP contribution is -2.00. The summed E-state index contributed by atoms with van der Waals surface area (Å²) in [5.41, 5.74) is 2.02. The zero-order valence-corrected chi connectivity index (χ0v) is 12.0. The van der Waals surface area contributed by atoms with Crippen LogP contribution in [-0.2, 0) is 0 Å². The highest BCUT2D eigenvalue weighted by Crippen LogP contribution is 2.31. The normalized spacial score (nSPS) is 10.2. The molecule has 5 nitrogen and oxygen atoms in total. The second-order valence-corrected chi connectivity index (χ2v) is 4.86. The second-order valence-electron chi connectivity index (χ2n) is 4.86. The molecule has 0 aliphatic heterocycles. The number of nitrogens with zero attached hydrogens (tertiary/aromatic N) is 1. The molecular weight excluding hydrogens is 270 g/mol. The minimum Gasteiger partial charge on any atom is -0.456 e. The molecule has 0 atom stereocenters. The molecule has 0 aliphatic carbocycles. The van der Waals surface area contributed by atoms with Crippen LogP contribution in [0.3, 0.4) is 0 Å². The van der Waals surface area contributed by atoms with Crippen molar-refractivity contribution < 1.29 is 14.5 Å². The van der Waals surface area contributed by atoms with Crippen molar-refractivity contribution in [3.05, 3.63) is 63.2 Å². The molecule has 0 amide bonds. The number of Topliss-reactive ketones (excluding diaryl/α,β-unsaturated/α-hetero) is 1. The molecule has 0 heterocycles. The molecule has 5 heteroatoms. The third-order valence-electron chi connectivity index (χ3n) is 3.12. The molecule has 0 radical (unpaired) electrons. The number of hydrogen-bond donors (Lipinski definition) is 0. The first kappa shape index (κ1) is 14.7. The van der Waals surface area contributed by atoms with Crippen LogP contribution in [0.4, 0.5) is 5.69 Å². The van der Waals surface area contributed by atoms with E-state index in [0.717, 1.165) is 11.1 Å². The third-order valence-corrected chi connectivity index (χ3v) is 3.12. The topological polar surface area (TPSA) is 69.4 Å². The number of carbonyl (C=O) groups is 1. The molecule has 0 saturated heterocycles. The summed E-state index contributed by atoms with van der Waals surface area (Å²) in [5.74, 6) is 0.673. The van der Waals surface area contributed by atoms with Crippen molar-refractivity contribution in [2.24, 2.45) is 0 Å². The van der Waals surface area contributed by atoms with E-state index in [9.17, 15) is 14.9 Å². The first-order valence-electron chi connectivity index (χ1n) is 6.43. The van der Waals surface area contributed by atoms with Crippen LogP contribution >= 0.6 is 0 Å². The number of nitro groups is 1. The minimum absolute atomic E-state index is 0.131. The Morgan fingerprint density at radius 2 is 1.81 bits per heavy atom. The van der Waals surface area contributed by atoms with E-state index in [4.69, 9.17) is 4.74 Å². The van der Waals surface area contributed by atoms with Crippen molar-refractivity contribution in [2.75, 3.05) is 0 Å². The van der Waals surface area contributed by atoms with E-state index < -0.39 is 4.92 Å². The molecule has 0 saturated carbocycles. The molecule has 0 N–H and O–H groups in total. The molecular formula is C16H15NO4. The van der Waals surface area contributed by atoms with E-state index in [1.54, 1.807) is 0 Å². The molecule has 0 aliphatic rings. The first-order valence-corrected chi connectivity index (χ1v) is 6.43. The molecule has 2 aromatic rings. The summed E-state index contributed by atoms with van der Waals surface area (Å²) in [5, 5.41) is 10.8. The molecule has 0 spiro atoms. The lowest BCUT2D eigenvalue weighted by atomic mass is 10.1. The lowest BCUT2D eigenvalue weighted by molar-refractivity contribution is -0.384. The zero-order valence-electron chi connectivity index (χ0n) is 12.0. The van der Waals surface area contributed by atoms with Crippen LogP contribution in [0.15, 0.2) is 36.4 Å². The molecule has 21 heavy (non-hydrogen) atoms. The van der Waals surface area contributed by atoms with E-state index in [1.807, 2.05) is 32.0 Å². The van der Waals surface area contributed by atoms with Gasteiger partial charge in [0.2, 0.25) is 0 Å². The fourth-order valence-corrected chi connectivity index (χ4v) is 1.93. The number of ketones is 1. The second kappa shape index (κ2) is 5.75. The highest BCUT2D eigenvalue weighted by atomic mass is 16.6. The van der Waals surface area contributed by atoms with Gasteiger partial charge in [0.15, 0.2) is 5.78 Å². The van der Waals surface area contributed by atoms with Gasteiger partial charge >= 0.3 is 0 Å². The Bertz CT molecular complexity index is 722. The van der Waals surface area contributed by atoms with Gasteiger partial charge in [-0.2, -0.15) is 0 Å². The first-order chi connectivity index (χ1) is 9.88. The van der Waals surface area contributed by atoms with E-state index in [-0.39, 0.29) is 17.0 Å². The van der Waals surface area contributed by atoms with Gasteiger partial charge in [-0.05, 0) is 44.0 Å². The Morgan fingerprint density at radius 3 is 2.43 bits per heavy atom. The maximum Gasteiger partial charge on any atom is 0.270 e. The van der Waals surface area contributed by atoms with Crippen molar-refractivity contribution in [3.8, 4) is 11.5 Å². The Hall–Kier alpha value is -2.69. The quantitative estimate of drug-likeness (QED) is 0.479. The van der Waals surface area contributed by atoms with E-state index in [1.165, 1.54) is 25.1 Å². The molecule has 108 valence electrons. The van der Waals surface area contributed by atoms with Gasteiger partial charge in [-0.1, -0.05) is 12.1 Å². The average Bonchev–Trinajstić information content (AvgIpc) is 2.42. The average molecular weight is 285 g/mol. The summed E-state index contributed by atoms with van der Waals surface area (Å²) in [7, 11) is 0. The number of hydrogen-bond acceptors (Lipinski definition) is 4. The summed E-state index contributed by atoms with van der Waals surface area (Å²) in [4.78, 5) is 21.9. The van der Waals surface area contributed by atoms with Gasteiger partial charge in [-0.3, -0.25) is 14.9 Å². The largest absolute Gasteiger partial charge is 0.456 e. The molecule has 2 rings (SSSR count). The monoisotopic (exact) mass is 285 g/mol. The molecule has 0 bridgehead atoms. The summed E-state index contributed by atoms with van der Waals surface area (Å²) < 4.78 is 5.77. The number of aryl methyl sites for hydroxylation is 2. The fraction of sp³-hybridized carbons (Fsp3) is 0.188. The van der Waals surface area contributed by atoms with E-state index in [0.29, 0.717) is 11.5 Å². The van der Waals surface area contributed by atoms with Crippen LogP contribution in [0.2, 0.25) is 0 Å². The van der Waals surface area contributed by atoms with Crippen molar-refractivity contribution in [3.63, 3.8) is 0 Å². The number of rotatable bonds is 4. The number of carbonyl (C=O) groups excluding carboxylic acids is 1. The Kier molecular flexibility index (Phi) is 4.03. The van der Waals surface area contributed by atoms with Crippen LogP contribution in [0.5, 0.6) is 11.5 Å². The summed E-state index contributed by atoms with van der Waals surface area (Å²) >= 11 is 0. The van der Waals surface area contributed by atoms with Crippen LogP contribution in [-0.4, -0.2) is 10.7 Å². The van der Waals surface area contributed by atoms with Gasteiger partial charge in [0.1, 0.15) is 11.5 Å². The smallest absolute Gasteiger partial charge is 0.270 e. The molecule has 2 aromatic carbocycles. The van der Waals surface area contributed by atoms with Crippen molar-refractivity contribution in [2.45, 2.75) is 20.8 Å². The van der Waals surface area contributed by atoms with Crippen LogP contribution in [0.1, 0.15) is 28.4 Å². The molecule has 0 aromatic heterocycles. The predicted molar refractivity (Wildman–Crippen MR) is 79.1 cm³/mol. The maximum atomic E-state index is 11.7. The van der Waals surface area contributed by atoms with Gasteiger partial charge < -0.3 is 4.74 Å². The van der Waals surface area contributed by atoms with E-state index in [2.05, 4.69) is 0 Å². The predicted octanol–water partition coefficient (Wildman–Crippen LogP) is 4.21. The maximum absolute atomic E-state index is 11.7. The van der Waals surface area contributed by atoms with Gasteiger partial charge in [-0.15, -0.1) is 0 Å².